The zero-order chi connectivity index (χ0) is 19.8. The van der Waals surface area contributed by atoms with Gasteiger partial charge in [0.15, 0.2) is 5.96 Å². The van der Waals surface area contributed by atoms with Crippen LogP contribution < -0.4 is 10.1 Å². The number of hydrogen-bond donors (Lipinski definition) is 3. The highest BCUT2D eigenvalue weighted by molar-refractivity contribution is 5.80. The van der Waals surface area contributed by atoms with Gasteiger partial charge in [-0.3, -0.25) is 10.1 Å². The molecule has 3 rings (SSSR count). The van der Waals surface area contributed by atoms with Crippen LogP contribution in [-0.2, 0) is 0 Å². The highest BCUT2D eigenvalue weighted by Crippen LogP contribution is 2.24. The zero-order valence-corrected chi connectivity index (χ0v) is 16.6. The molecular weight excluding hydrogens is 356 g/mol. The van der Waals surface area contributed by atoms with Gasteiger partial charge in [-0.2, -0.15) is 5.10 Å². The van der Waals surface area contributed by atoms with Crippen LogP contribution in [0.1, 0.15) is 37.1 Å². The molecule has 1 atom stereocenters. The van der Waals surface area contributed by atoms with E-state index >= 15 is 0 Å². The molecule has 152 valence electrons. The second kappa shape index (κ2) is 10.1. The highest BCUT2D eigenvalue weighted by atomic mass is 16.5. The third kappa shape index (κ3) is 5.69. The molecule has 2 aromatic rings. The van der Waals surface area contributed by atoms with Crippen LogP contribution in [0.3, 0.4) is 0 Å². The van der Waals surface area contributed by atoms with E-state index in [1.807, 2.05) is 38.1 Å². The molecule has 1 aromatic carbocycles. The van der Waals surface area contributed by atoms with Gasteiger partial charge in [-0.1, -0.05) is 12.1 Å². The van der Waals surface area contributed by atoms with Gasteiger partial charge < -0.3 is 20.1 Å². The number of aromatic nitrogens is 3. The maximum Gasteiger partial charge on any atom is 0.194 e. The summed E-state index contributed by atoms with van der Waals surface area (Å²) in [5, 5.41) is 20.5. The van der Waals surface area contributed by atoms with Crippen LogP contribution in [0.2, 0.25) is 0 Å². The Morgan fingerprint density at radius 2 is 2.25 bits per heavy atom. The fraction of sp³-hybridized carbons (Fsp3) is 0.550. The molecule has 8 heteroatoms. The fourth-order valence-electron chi connectivity index (χ4n) is 3.34. The van der Waals surface area contributed by atoms with Crippen LogP contribution in [-0.4, -0.2) is 70.0 Å². The van der Waals surface area contributed by atoms with Crippen LogP contribution in [0.25, 0.3) is 0 Å². The lowest BCUT2D eigenvalue weighted by atomic mass is 9.96. The Hall–Kier alpha value is -2.61. The van der Waals surface area contributed by atoms with E-state index in [4.69, 9.17) is 4.74 Å². The van der Waals surface area contributed by atoms with Crippen molar-refractivity contribution >= 4 is 5.96 Å². The van der Waals surface area contributed by atoms with E-state index in [2.05, 4.69) is 30.4 Å². The van der Waals surface area contributed by atoms with Crippen molar-refractivity contribution in [3.63, 3.8) is 0 Å². The summed E-state index contributed by atoms with van der Waals surface area (Å²) in [5.41, 5.74) is 1.13. The molecule has 2 heterocycles. The molecule has 0 spiro atoms. The Bertz CT molecular complexity index is 741. The van der Waals surface area contributed by atoms with Gasteiger partial charge in [0.2, 0.25) is 0 Å². The Morgan fingerprint density at radius 1 is 1.43 bits per heavy atom. The first-order chi connectivity index (χ1) is 13.7. The third-order valence-electron chi connectivity index (χ3n) is 4.83. The lowest BCUT2D eigenvalue weighted by Gasteiger charge is -2.33. The SMILES string of the molecule is CCNC(=NCC(O)COc1cccc(C)c1)N1CCC(c2ncn[nH]2)CC1. The summed E-state index contributed by atoms with van der Waals surface area (Å²) in [6.07, 6.45) is 2.91. The van der Waals surface area contributed by atoms with Gasteiger partial charge in [-0.15, -0.1) is 0 Å². The van der Waals surface area contributed by atoms with Gasteiger partial charge >= 0.3 is 0 Å². The summed E-state index contributed by atoms with van der Waals surface area (Å²) >= 11 is 0. The van der Waals surface area contributed by atoms with Crippen molar-refractivity contribution in [3.05, 3.63) is 42.0 Å². The smallest absolute Gasteiger partial charge is 0.194 e. The van der Waals surface area contributed by atoms with E-state index in [1.165, 1.54) is 0 Å². The number of nitrogens with one attached hydrogen (secondary N) is 2. The highest BCUT2D eigenvalue weighted by Gasteiger charge is 2.24. The predicted octanol–water partition coefficient (Wildman–Crippen LogP) is 1.70. The number of aromatic amines is 1. The van der Waals surface area contributed by atoms with Crippen molar-refractivity contribution in [1.29, 1.82) is 0 Å². The van der Waals surface area contributed by atoms with Crippen LogP contribution in [0.5, 0.6) is 5.75 Å². The normalized spacial score (nSPS) is 16.8. The molecule has 0 saturated carbocycles. The van der Waals surface area contributed by atoms with Gasteiger partial charge in [0, 0.05) is 25.6 Å². The number of aliphatic hydroxyl groups is 1. The topological polar surface area (TPSA) is 98.7 Å². The number of guanidine groups is 1. The van der Waals surface area contributed by atoms with Crippen molar-refractivity contribution in [3.8, 4) is 5.75 Å². The molecule has 1 aliphatic heterocycles. The van der Waals surface area contributed by atoms with Crippen molar-refractivity contribution < 1.29 is 9.84 Å². The standard InChI is InChI=1S/C20H30N6O2/c1-3-21-20(26-9-7-16(8-10-26)19-23-14-24-25-19)22-12-17(27)13-28-18-6-4-5-15(2)11-18/h4-6,11,14,16-17,27H,3,7-10,12-13H2,1-2H3,(H,21,22)(H,23,24,25). The summed E-state index contributed by atoms with van der Waals surface area (Å²) in [6, 6.07) is 7.81. The number of H-pyrrole nitrogens is 1. The van der Waals surface area contributed by atoms with Crippen molar-refractivity contribution in [2.24, 2.45) is 4.99 Å². The van der Waals surface area contributed by atoms with Gasteiger partial charge in [0.25, 0.3) is 0 Å². The molecule has 1 aromatic heterocycles. The minimum atomic E-state index is -0.652. The Balaban J connectivity index is 1.49. The quantitative estimate of drug-likeness (QED) is 0.495. The van der Waals surface area contributed by atoms with E-state index in [-0.39, 0.29) is 6.61 Å². The molecule has 0 bridgehead atoms. The van der Waals surface area contributed by atoms with Crippen LogP contribution >= 0.6 is 0 Å². The van der Waals surface area contributed by atoms with Gasteiger partial charge in [0.1, 0.15) is 30.6 Å². The first kappa shape index (κ1) is 20.1. The number of likely N-dealkylation sites (tertiary alicyclic amines) is 1. The molecule has 8 nitrogen and oxygen atoms in total. The van der Waals surface area contributed by atoms with Gasteiger partial charge in [0.05, 0.1) is 6.54 Å². The van der Waals surface area contributed by atoms with Crippen molar-refractivity contribution in [2.75, 3.05) is 32.8 Å². The maximum absolute atomic E-state index is 10.3. The van der Waals surface area contributed by atoms with Gasteiger partial charge in [-0.25, -0.2) is 4.98 Å². The largest absolute Gasteiger partial charge is 0.491 e. The summed E-state index contributed by atoms with van der Waals surface area (Å²) < 4.78 is 5.67. The number of benzene rings is 1. The first-order valence-corrected chi connectivity index (χ1v) is 9.91. The number of aliphatic imine (C=N–C) groups is 1. The third-order valence-corrected chi connectivity index (χ3v) is 4.83. The minimum Gasteiger partial charge on any atom is -0.491 e. The van der Waals surface area contributed by atoms with E-state index in [9.17, 15) is 5.11 Å². The number of aliphatic hydroxyl groups excluding tert-OH is 1. The van der Waals surface area contributed by atoms with E-state index in [0.717, 1.165) is 55.6 Å². The number of aryl methyl sites for hydroxylation is 1. The summed E-state index contributed by atoms with van der Waals surface area (Å²) in [6.45, 7) is 7.17. The molecule has 1 unspecified atom stereocenters. The molecule has 1 aliphatic rings. The summed E-state index contributed by atoms with van der Waals surface area (Å²) in [4.78, 5) is 11.1. The molecule has 0 radical (unpaired) electrons. The maximum atomic E-state index is 10.3. The van der Waals surface area contributed by atoms with Gasteiger partial charge in [-0.05, 0) is 44.4 Å². The molecule has 28 heavy (non-hydrogen) atoms. The second-order valence-electron chi connectivity index (χ2n) is 7.11. The van der Waals surface area contributed by atoms with Crippen LogP contribution in [0, 0.1) is 6.92 Å². The molecule has 0 aliphatic carbocycles. The van der Waals surface area contributed by atoms with Crippen molar-refractivity contribution in [1.82, 2.24) is 25.4 Å². The molecule has 0 amide bonds. The predicted molar refractivity (Wildman–Crippen MR) is 109 cm³/mol. The fourth-order valence-corrected chi connectivity index (χ4v) is 3.34. The first-order valence-electron chi connectivity index (χ1n) is 9.91. The van der Waals surface area contributed by atoms with Crippen LogP contribution in [0.15, 0.2) is 35.6 Å². The average Bonchev–Trinajstić information content (AvgIpc) is 3.25. The molecular formula is C20H30N6O2. The lowest BCUT2D eigenvalue weighted by Crippen LogP contribution is -2.45. The Morgan fingerprint density at radius 3 is 2.93 bits per heavy atom. The van der Waals surface area contributed by atoms with E-state index < -0.39 is 6.10 Å². The Labute approximate surface area is 166 Å². The lowest BCUT2D eigenvalue weighted by molar-refractivity contribution is 0.114. The number of ether oxygens (including phenoxy) is 1. The zero-order valence-electron chi connectivity index (χ0n) is 16.6. The number of piperidine rings is 1. The molecule has 1 saturated heterocycles. The molecule has 3 N–H and O–H groups in total. The van der Waals surface area contributed by atoms with Crippen molar-refractivity contribution in [2.45, 2.75) is 38.7 Å². The minimum absolute atomic E-state index is 0.222. The number of rotatable bonds is 7. The van der Waals surface area contributed by atoms with E-state index in [1.54, 1.807) is 6.33 Å². The average molecular weight is 387 g/mol. The van der Waals surface area contributed by atoms with E-state index in [0.29, 0.717) is 12.5 Å². The second-order valence-corrected chi connectivity index (χ2v) is 7.11. The summed E-state index contributed by atoms with van der Waals surface area (Å²) in [7, 11) is 0. The number of nitrogens with zero attached hydrogens (tertiary/aromatic N) is 4. The Kier molecular flexibility index (Phi) is 7.25. The summed E-state index contributed by atoms with van der Waals surface area (Å²) in [5.74, 6) is 2.98. The molecule has 1 fully saturated rings. The monoisotopic (exact) mass is 386 g/mol. The van der Waals surface area contributed by atoms with Crippen LogP contribution in [0.4, 0.5) is 0 Å². The number of hydrogen-bond acceptors (Lipinski definition) is 5.